The SMILES string of the molecule is COC1(C)CCCN(C(=O)C(C)S)C1. The molecule has 1 heterocycles. The fraction of sp³-hybridized carbons (Fsp3) is 0.900. The number of rotatable bonds is 2. The number of hydrogen-bond acceptors (Lipinski definition) is 3. The van der Waals surface area contributed by atoms with Gasteiger partial charge in [0.2, 0.25) is 5.91 Å². The molecular weight excluding hydrogens is 198 g/mol. The number of amides is 1. The van der Waals surface area contributed by atoms with E-state index in [2.05, 4.69) is 19.6 Å². The zero-order valence-electron chi connectivity index (χ0n) is 9.12. The topological polar surface area (TPSA) is 29.5 Å². The maximum Gasteiger partial charge on any atom is 0.235 e. The van der Waals surface area contributed by atoms with Gasteiger partial charge in [-0.15, -0.1) is 0 Å². The van der Waals surface area contributed by atoms with Gasteiger partial charge < -0.3 is 9.64 Å². The largest absolute Gasteiger partial charge is 0.377 e. The summed E-state index contributed by atoms with van der Waals surface area (Å²) in [5, 5.41) is -0.214. The number of carbonyl (C=O) groups excluding carboxylic acids is 1. The Labute approximate surface area is 91.2 Å². The van der Waals surface area contributed by atoms with Gasteiger partial charge in [0.15, 0.2) is 0 Å². The number of hydrogen-bond donors (Lipinski definition) is 1. The minimum atomic E-state index is -0.214. The molecule has 82 valence electrons. The molecule has 1 amide bonds. The van der Waals surface area contributed by atoms with Crippen LogP contribution in [0.3, 0.4) is 0 Å². The summed E-state index contributed by atoms with van der Waals surface area (Å²) in [5.41, 5.74) is -0.170. The van der Waals surface area contributed by atoms with Crippen LogP contribution in [-0.2, 0) is 9.53 Å². The lowest BCUT2D eigenvalue weighted by Gasteiger charge is -2.40. The van der Waals surface area contributed by atoms with Crippen LogP contribution in [0, 0.1) is 0 Å². The maximum absolute atomic E-state index is 11.7. The second-order valence-electron chi connectivity index (χ2n) is 4.19. The summed E-state index contributed by atoms with van der Waals surface area (Å²) in [4.78, 5) is 13.5. The van der Waals surface area contributed by atoms with Crippen LogP contribution < -0.4 is 0 Å². The molecule has 0 spiro atoms. The Morgan fingerprint density at radius 2 is 2.29 bits per heavy atom. The van der Waals surface area contributed by atoms with E-state index in [4.69, 9.17) is 4.74 Å². The average Bonchev–Trinajstić information content (AvgIpc) is 2.16. The summed E-state index contributed by atoms with van der Waals surface area (Å²) in [7, 11) is 1.71. The summed E-state index contributed by atoms with van der Waals surface area (Å²) < 4.78 is 5.42. The van der Waals surface area contributed by atoms with Crippen molar-refractivity contribution in [1.82, 2.24) is 4.90 Å². The highest BCUT2D eigenvalue weighted by molar-refractivity contribution is 7.81. The average molecular weight is 217 g/mol. The third-order valence-corrected chi connectivity index (χ3v) is 3.04. The molecule has 0 aliphatic carbocycles. The van der Waals surface area contributed by atoms with Gasteiger partial charge in [0.25, 0.3) is 0 Å². The van der Waals surface area contributed by atoms with E-state index in [1.807, 2.05) is 11.8 Å². The van der Waals surface area contributed by atoms with Gasteiger partial charge in [-0.05, 0) is 26.7 Å². The molecule has 1 aliphatic rings. The van der Waals surface area contributed by atoms with Crippen LogP contribution >= 0.6 is 12.6 Å². The summed E-state index contributed by atoms with van der Waals surface area (Å²) >= 11 is 4.16. The third-order valence-electron chi connectivity index (χ3n) is 2.82. The van der Waals surface area contributed by atoms with E-state index in [1.54, 1.807) is 7.11 Å². The van der Waals surface area contributed by atoms with E-state index in [0.29, 0.717) is 6.54 Å². The number of methoxy groups -OCH3 is 1. The Morgan fingerprint density at radius 3 is 2.79 bits per heavy atom. The normalized spacial score (nSPS) is 30.1. The van der Waals surface area contributed by atoms with Crippen molar-refractivity contribution >= 4 is 18.5 Å². The van der Waals surface area contributed by atoms with Gasteiger partial charge in [0, 0.05) is 20.2 Å². The predicted molar refractivity (Wildman–Crippen MR) is 59.7 cm³/mol. The van der Waals surface area contributed by atoms with Crippen LogP contribution in [0.4, 0.5) is 0 Å². The highest BCUT2D eigenvalue weighted by Gasteiger charge is 2.33. The third kappa shape index (κ3) is 2.64. The first-order chi connectivity index (χ1) is 6.48. The second kappa shape index (κ2) is 4.53. The van der Waals surface area contributed by atoms with Gasteiger partial charge in [-0.1, -0.05) is 0 Å². The van der Waals surface area contributed by atoms with E-state index < -0.39 is 0 Å². The molecule has 0 saturated carbocycles. The van der Waals surface area contributed by atoms with E-state index in [1.165, 1.54) is 0 Å². The first kappa shape index (κ1) is 11.9. The molecule has 0 radical (unpaired) electrons. The molecule has 1 saturated heterocycles. The minimum absolute atomic E-state index is 0.108. The second-order valence-corrected chi connectivity index (χ2v) is 4.97. The van der Waals surface area contributed by atoms with Crippen LogP contribution in [0.25, 0.3) is 0 Å². The van der Waals surface area contributed by atoms with Gasteiger partial charge in [-0.25, -0.2) is 0 Å². The first-order valence-electron chi connectivity index (χ1n) is 5.00. The Morgan fingerprint density at radius 1 is 1.64 bits per heavy atom. The fourth-order valence-electron chi connectivity index (χ4n) is 1.82. The van der Waals surface area contributed by atoms with Crippen LogP contribution in [0.5, 0.6) is 0 Å². The molecule has 1 aliphatic heterocycles. The zero-order chi connectivity index (χ0) is 10.8. The van der Waals surface area contributed by atoms with Gasteiger partial charge in [0.1, 0.15) is 0 Å². The van der Waals surface area contributed by atoms with Crippen molar-refractivity contribution in [3.8, 4) is 0 Å². The summed E-state index contributed by atoms with van der Waals surface area (Å²) in [6, 6.07) is 0. The smallest absolute Gasteiger partial charge is 0.235 e. The molecule has 0 N–H and O–H groups in total. The van der Waals surface area contributed by atoms with Gasteiger partial charge in [-0.2, -0.15) is 12.6 Å². The molecular formula is C10H19NO2S. The number of ether oxygens (including phenoxy) is 1. The van der Waals surface area contributed by atoms with Crippen LogP contribution in [0.1, 0.15) is 26.7 Å². The molecule has 0 bridgehead atoms. The molecule has 2 unspecified atom stereocenters. The molecule has 0 aromatic rings. The first-order valence-corrected chi connectivity index (χ1v) is 5.52. The molecule has 2 atom stereocenters. The lowest BCUT2D eigenvalue weighted by atomic mass is 9.94. The van der Waals surface area contributed by atoms with Gasteiger partial charge in [0.05, 0.1) is 10.9 Å². The molecule has 14 heavy (non-hydrogen) atoms. The lowest BCUT2D eigenvalue weighted by molar-refractivity contribution is -0.138. The highest BCUT2D eigenvalue weighted by Crippen LogP contribution is 2.24. The Bertz CT molecular complexity index is 220. The van der Waals surface area contributed by atoms with E-state index in [0.717, 1.165) is 19.4 Å². The van der Waals surface area contributed by atoms with Gasteiger partial charge in [-0.3, -0.25) is 4.79 Å². The number of thiol groups is 1. The molecule has 4 heteroatoms. The number of likely N-dealkylation sites (tertiary alicyclic amines) is 1. The zero-order valence-corrected chi connectivity index (χ0v) is 10.0. The van der Waals surface area contributed by atoms with Crippen molar-refractivity contribution in [2.45, 2.75) is 37.5 Å². The number of carbonyl (C=O) groups is 1. The van der Waals surface area contributed by atoms with E-state index >= 15 is 0 Å². The molecule has 0 aromatic carbocycles. The number of piperidine rings is 1. The molecule has 3 nitrogen and oxygen atoms in total. The summed E-state index contributed by atoms with van der Waals surface area (Å²) in [5.74, 6) is 0.108. The van der Waals surface area contributed by atoms with Crippen molar-refractivity contribution in [2.24, 2.45) is 0 Å². The molecule has 1 rings (SSSR count). The summed E-state index contributed by atoms with van der Waals surface area (Å²) in [6.45, 7) is 5.38. The number of nitrogens with zero attached hydrogens (tertiary/aromatic N) is 1. The van der Waals surface area contributed by atoms with Crippen LogP contribution in [0.2, 0.25) is 0 Å². The van der Waals surface area contributed by atoms with Crippen molar-refractivity contribution in [2.75, 3.05) is 20.2 Å². The van der Waals surface area contributed by atoms with E-state index in [9.17, 15) is 4.79 Å². The highest BCUT2D eigenvalue weighted by atomic mass is 32.1. The van der Waals surface area contributed by atoms with Gasteiger partial charge >= 0.3 is 0 Å². The van der Waals surface area contributed by atoms with Crippen LogP contribution in [0.15, 0.2) is 0 Å². The summed E-state index contributed by atoms with van der Waals surface area (Å²) in [6.07, 6.45) is 2.03. The molecule has 1 fully saturated rings. The Balaban J connectivity index is 2.60. The Kier molecular flexibility index (Phi) is 3.84. The molecule has 0 aromatic heterocycles. The Hall–Kier alpha value is -0.220. The standard InChI is InChI=1S/C10H19NO2S/c1-8(14)9(12)11-6-4-5-10(2,7-11)13-3/h8,14H,4-7H2,1-3H3. The fourth-order valence-corrected chi connectivity index (χ4v) is 1.99. The van der Waals surface area contributed by atoms with Crippen molar-refractivity contribution < 1.29 is 9.53 Å². The van der Waals surface area contributed by atoms with Crippen molar-refractivity contribution in [3.63, 3.8) is 0 Å². The predicted octanol–water partition coefficient (Wildman–Crippen LogP) is 1.33. The van der Waals surface area contributed by atoms with Crippen LogP contribution in [-0.4, -0.2) is 41.9 Å². The quantitative estimate of drug-likeness (QED) is 0.707. The van der Waals surface area contributed by atoms with Crippen molar-refractivity contribution in [1.29, 1.82) is 0 Å². The van der Waals surface area contributed by atoms with E-state index in [-0.39, 0.29) is 16.8 Å². The minimum Gasteiger partial charge on any atom is -0.377 e. The lowest BCUT2D eigenvalue weighted by Crippen LogP contribution is -2.51. The monoisotopic (exact) mass is 217 g/mol. The maximum atomic E-state index is 11.7. The van der Waals surface area contributed by atoms with Crippen molar-refractivity contribution in [3.05, 3.63) is 0 Å².